The van der Waals surface area contributed by atoms with E-state index in [9.17, 15) is 14.4 Å². The zero-order valence-corrected chi connectivity index (χ0v) is 15.8. The summed E-state index contributed by atoms with van der Waals surface area (Å²) in [5.41, 5.74) is 0.395. The highest BCUT2D eigenvalue weighted by Gasteiger charge is 2.32. The third kappa shape index (κ3) is 3.73. The minimum Gasteiger partial charge on any atom is -0.478 e. The molecule has 2 aromatic rings. The lowest BCUT2D eigenvalue weighted by atomic mass is 10.1. The largest absolute Gasteiger partial charge is 0.478 e. The van der Waals surface area contributed by atoms with Gasteiger partial charge in [-0.2, -0.15) is 0 Å². The first-order valence-corrected chi connectivity index (χ1v) is 8.73. The van der Waals surface area contributed by atoms with Crippen molar-refractivity contribution in [3.8, 4) is 11.3 Å². The molecule has 1 aliphatic rings. The Morgan fingerprint density at radius 3 is 2.71 bits per heavy atom. The van der Waals surface area contributed by atoms with Crippen LogP contribution >= 0.6 is 23.8 Å². The molecule has 9 heteroatoms. The molecule has 142 valence electrons. The van der Waals surface area contributed by atoms with E-state index in [2.05, 4.69) is 11.9 Å². The molecular weight excluding hydrogens is 404 g/mol. The quantitative estimate of drug-likeness (QED) is 0.336. The van der Waals surface area contributed by atoms with Crippen LogP contribution in [0.2, 0.25) is 5.02 Å². The van der Waals surface area contributed by atoms with E-state index in [-0.39, 0.29) is 33.6 Å². The zero-order chi connectivity index (χ0) is 20.4. The van der Waals surface area contributed by atoms with Crippen molar-refractivity contribution in [3.63, 3.8) is 0 Å². The van der Waals surface area contributed by atoms with Gasteiger partial charge in [0, 0.05) is 12.1 Å². The number of hydrogen-bond donors (Lipinski definition) is 2. The van der Waals surface area contributed by atoms with E-state index in [1.54, 1.807) is 18.2 Å². The first kappa shape index (κ1) is 19.5. The predicted molar refractivity (Wildman–Crippen MR) is 107 cm³/mol. The van der Waals surface area contributed by atoms with E-state index in [0.717, 1.165) is 0 Å². The van der Waals surface area contributed by atoms with Crippen LogP contribution in [0.1, 0.15) is 16.1 Å². The fourth-order valence-corrected chi connectivity index (χ4v) is 3.07. The molecule has 0 spiro atoms. The van der Waals surface area contributed by atoms with Gasteiger partial charge >= 0.3 is 5.97 Å². The maximum atomic E-state index is 12.5. The van der Waals surface area contributed by atoms with Crippen LogP contribution in [0.3, 0.4) is 0 Å². The molecule has 7 nitrogen and oxygen atoms in total. The second-order valence-corrected chi connectivity index (χ2v) is 6.52. The summed E-state index contributed by atoms with van der Waals surface area (Å²) in [6.07, 6.45) is 2.81. The number of nitrogens with one attached hydrogen (secondary N) is 1. The Morgan fingerprint density at radius 1 is 1.32 bits per heavy atom. The maximum Gasteiger partial charge on any atom is 0.337 e. The number of amides is 2. The van der Waals surface area contributed by atoms with Crippen LogP contribution in [0.5, 0.6) is 0 Å². The number of carbonyl (C=O) groups is 3. The summed E-state index contributed by atoms with van der Waals surface area (Å²) < 4.78 is 5.66. The Labute approximate surface area is 169 Å². The Hall–Kier alpha value is -3.23. The topological polar surface area (TPSA) is 99.8 Å². The number of rotatable bonds is 5. The number of benzene rings is 1. The summed E-state index contributed by atoms with van der Waals surface area (Å²) in [6.45, 7) is 3.72. The van der Waals surface area contributed by atoms with Gasteiger partial charge in [0.2, 0.25) is 0 Å². The Morgan fingerprint density at radius 2 is 2.07 bits per heavy atom. The van der Waals surface area contributed by atoms with Crippen molar-refractivity contribution in [1.82, 2.24) is 10.2 Å². The Kier molecular flexibility index (Phi) is 5.43. The molecule has 0 saturated carbocycles. The van der Waals surface area contributed by atoms with Crippen LogP contribution < -0.4 is 5.32 Å². The van der Waals surface area contributed by atoms with E-state index in [1.807, 2.05) is 0 Å². The van der Waals surface area contributed by atoms with Crippen molar-refractivity contribution in [2.24, 2.45) is 0 Å². The number of carboxylic acid groups (broad SMARTS) is 1. The third-order valence-corrected chi connectivity index (χ3v) is 4.53. The number of carbonyl (C=O) groups excluding carboxylic acids is 2. The Balaban J connectivity index is 1.91. The molecule has 1 aromatic heterocycles. The molecule has 2 heterocycles. The molecule has 1 aromatic carbocycles. The molecule has 0 atom stereocenters. The van der Waals surface area contributed by atoms with Crippen LogP contribution in [0, 0.1) is 0 Å². The van der Waals surface area contributed by atoms with Crippen LogP contribution in [0.4, 0.5) is 0 Å². The average Bonchev–Trinajstić information content (AvgIpc) is 3.10. The van der Waals surface area contributed by atoms with Crippen molar-refractivity contribution < 1.29 is 23.9 Å². The second-order valence-electron chi connectivity index (χ2n) is 5.72. The summed E-state index contributed by atoms with van der Waals surface area (Å²) >= 11 is 11.0. The fraction of sp³-hybridized carbons (Fsp3) is 0.0526. The molecule has 0 aliphatic carbocycles. The maximum absolute atomic E-state index is 12.5. The highest BCUT2D eigenvalue weighted by atomic mass is 35.5. The van der Waals surface area contributed by atoms with Crippen molar-refractivity contribution in [2.45, 2.75) is 0 Å². The number of thiocarbonyl (C=S) groups is 1. The van der Waals surface area contributed by atoms with Gasteiger partial charge in [0.15, 0.2) is 5.11 Å². The van der Waals surface area contributed by atoms with Gasteiger partial charge in [-0.3, -0.25) is 19.8 Å². The normalized spacial score (nSPS) is 15.7. The van der Waals surface area contributed by atoms with Gasteiger partial charge in [-0.05, 0) is 42.6 Å². The Bertz CT molecular complexity index is 1060. The van der Waals surface area contributed by atoms with Gasteiger partial charge in [-0.25, -0.2) is 4.79 Å². The van der Waals surface area contributed by atoms with Gasteiger partial charge in [-0.15, -0.1) is 6.58 Å². The first-order valence-electron chi connectivity index (χ1n) is 7.94. The lowest BCUT2D eigenvalue weighted by molar-refractivity contribution is -0.128. The van der Waals surface area contributed by atoms with Gasteiger partial charge in [0.25, 0.3) is 11.8 Å². The smallest absolute Gasteiger partial charge is 0.337 e. The number of hydrogen-bond acceptors (Lipinski definition) is 5. The van der Waals surface area contributed by atoms with E-state index in [1.165, 1.54) is 29.2 Å². The number of furan rings is 1. The monoisotopic (exact) mass is 416 g/mol. The van der Waals surface area contributed by atoms with Crippen LogP contribution in [0.25, 0.3) is 17.4 Å². The van der Waals surface area contributed by atoms with Gasteiger partial charge < -0.3 is 9.52 Å². The highest BCUT2D eigenvalue weighted by molar-refractivity contribution is 7.80. The molecule has 3 rings (SSSR count). The SMILES string of the molecule is C=CCN1C(=O)C(=Cc2ccc(-c3ccc(C(=O)O)c(Cl)c3)o2)C(=O)NC1=S. The van der Waals surface area contributed by atoms with E-state index in [4.69, 9.17) is 33.3 Å². The summed E-state index contributed by atoms with van der Waals surface area (Å²) in [5, 5.41) is 11.6. The highest BCUT2D eigenvalue weighted by Crippen LogP contribution is 2.28. The standard InChI is InChI=1S/C19H13ClN2O5S/c1-2-7-22-17(24)13(16(23)21-19(22)28)9-11-4-6-15(27-11)10-3-5-12(18(25)26)14(20)8-10/h2-6,8-9H,1,7H2,(H,25,26)(H,21,23,28). The molecule has 0 radical (unpaired) electrons. The molecule has 2 N–H and O–H groups in total. The van der Waals surface area contributed by atoms with Gasteiger partial charge in [0.05, 0.1) is 10.6 Å². The first-order chi connectivity index (χ1) is 13.3. The minimum absolute atomic E-state index is 0.0142. The number of aromatic carboxylic acids is 1. The number of nitrogens with zero attached hydrogens (tertiary/aromatic N) is 1. The molecule has 0 unspecified atom stereocenters. The molecule has 1 fully saturated rings. The lowest BCUT2D eigenvalue weighted by Crippen LogP contribution is -2.53. The predicted octanol–water partition coefficient (Wildman–Crippen LogP) is 3.11. The van der Waals surface area contributed by atoms with Crippen LogP contribution in [0.15, 0.2) is 53.0 Å². The van der Waals surface area contributed by atoms with Gasteiger partial charge in [0.1, 0.15) is 17.1 Å². The summed E-state index contributed by atoms with van der Waals surface area (Å²) in [4.78, 5) is 36.9. The average molecular weight is 417 g/mol. The van der Waals surface area contributed by atoms with Gasteiger partial charge in [-0.1, -0.05) is 23.7 Å². The number of halogens is 1. The van der Waals surface area contributed by atoms with Crippen LogP contribution in [-0.2, 0) is 9.59 Å². The van der Waals surface area contributed by atoms with E-state index >= 15 is 0 Å². The second kappa shape index (κ2) is 7.79. The molecule has 1 aliphatic heterocycles. The van der Waals surface area contributed by atoms with Crippen molar-refractivity contribution >= 4 is 52.8 Å². The molecular formula is C19H13ClN2O5S. The summed E-state index contributed by atoms with van der Waals surface area (Å²) in [5.74, 6) is -1.65. The summed E-state index contributed by atoms with van der Waals surface area (Å²) in [6, 6.07) is 7.58. The molecule has 1 saturated heterocycles. The summed E-state index contributed by atoms with van der Waals surface area (Å²) in [7, 11) is 0. The minimum atomic E-state index is -1.13. The van der Waals surface area contributed by atoms with E-state index < -0.39 is 17.8 Å². The van der Waals surface area contributed by atoms with Crippen molar-refractivity contribution in [3.05, 3.63) is 64.9 Å². The van der Waals surface area contributed by atoms with E-state index in [0.29, 0.717) is 11.3 Å². The zero-order valence-electron chi connectivity index (χ0n) is 14.3. The van der Waals surface area contributed by atoms with Crippen LogP contribution in [-0.4, -0.2) is 39.4 Å². The molecule has 2 amide bonds. The molecule has 28 heavy (non-hydrogen) atoms. The molecule has 0 bridgehead atoms. The fourth-order valence-electron chi connectivity index (χ4n) is 2.56. The number of carboxylic acids is 1. The van der Waals surface area contributed by atoms with Crippen molar-refractivity contribution in [1.29, 1.82) is 0 Å². The third-order valence-electron chi connectivity index (χ3n) is 3.89. The lowest BCUT2D eigenvalue weighted by Gasteiger charge is -2.27. The van der Waals surface area contributed by atoms with Crippen molar-refractivity contribution in [2.75, 3.05) is 6.54 Å².